The molecule has 1 amide bonds. The fraction of sp³-hybridized carbons (Fsp3) is 0.233. The van der Waals surface area contributed by atoms with E-state index in [0.717, 1.165) is 33.9 Å². The zero-order chi connectivity index (χ0) is 25.9. The average molecular weight is 510 g/mol. The third-order valence-electron chi connectivity index (χ3n) is 6.90. The van der Waals surface area contributed by atoms with Gasteiger partial charge in [-0.05, 0) is 86.1 Å². The molecule has 2 aromatic carbocycles. The summed E-state index contributed by atoms with van der Waals surface area (Å²) in [5.41, 5.74) is 7.31. The minimum atomic E-state index is -0.145. The van der Waals surface area contributed by atoms with Crippen molar-refractivity contribution in [2.45, 2.75) is 39.3 Å². The number of carbonyl (C=O) groups excluding carboxylic acids is 1. The van der Waals surface area contributed by atoms with Gasteiger partial charge in [0.25, 0.3) is 0 Å². The van der Waals surface area contributed by atoms with Crippen molar-refractivity contribution in [1.29, 1.82) is 0 Å². The first-order valence-corrected chi connectivity index (χ1v) is 12.9. The van der Waals surface area contributed by atoms with E-state index in [1.54, 1.807) is 6.20 Å². The second-order valence-electron chi connectivity index (χ2n) is 9.53. The van der Waals surface area contributed by atoms with Crippen LogP contribution in [0.1, 0.15) is 46.6 Å². The quantitative estimate of drug-likeness (QED) is 0.309. The highest BCUT2D eigenvalue weighted by Crippen LogP contribution is 2.39. The minimum absolute atomic E-state index is 0.0363. The Labute approximate surface area is 223 Å². The number of aryl methyl sites for hydroxylation is 3. The largest absolute Gasteiger partial charge is 0.352 e. The number of thiocarbonyl (C=S) groups is 1. The number of pyridine rings is 1. The zero-order valence-electron chi connectivity index (χ0n) is 21.3. The molecule has 0 saturated carbocycles. The van der Waals surface area contributed by atoms with E-state index in [1.165, 1.54) is 5.56 Å². The summed E-state index contributed by atoms with van der Waals surface area (Å²) in [4.78, 5) is 19.8. The molecule has 2 atom stereocenters. The number of nitrogens with zero attached hydrogens (tertiary/aromatic N) is 3. The zero-order valence-corrected chi connectivity index (χ0v) is 22.1. The lowest BCUT2D eigenvalue weighted by Crippen LogP contribution is -2.33. The fourth-order valence-electron chi connectivity index (χ4n) is 4.96. The van der Waals surface area contributed by atoms with E-state index in [1.807, 2.05) is 56.3 Å². The van der Waals surface area contributed by atoms with Crippen LogP contribution in [0.2, 0.25) is 0 Å². The predicted octanol–water partition coefficient (Wildman–Crippen LogP) is 5.80. The summed E-state index contributed by atoms with van der Waals surface area (Å²) in [6.07, 6.45) is 4.20. The van der Waals surface area contributed by atoms with Crippen molar-refractivity contribution in [3.8, 4) is 5.69 Å². The smallest absolute Gasteiger partial charge is 0.226 e. The molecule has 0 unspecified atom stereocenters. The lowest BCUT2D eigenvalue weighted by molar-refractivity contribution is -0.116. The van der Waals surface area contributed by atoms with Crippen LogP contribution >= 0.6 is 12.2 Å². The number of rotatable bonds is 7. The second-order valence-corrected chi connectivity index (χ2v) is 9.91. The Bertz CT molecular complexity index is 1430. The summed E-state index contributed by atoms with van der Waals surface area (Å²) in [6, 6.07) is 24.2. The lowest BCUT2D eigenvalue weighted by atomic mass is 10.0. The van der Waals surface area contributed by atoms with Gasteiger partial charge >= 0.3 is 0 Å². The molecule has 5 rings (SSSR count). The van der Waals surface area contributed by atoms with Crippen molar-refractivity contribution >= 4 is 28.9 Å². The molecule has 0 aliphatic carbocycles. The Morgan fingerprint density at radius 1 is 1.00 bits per heavy atom. The van der Waals surface area contributed by atoms with E-state index in [2.05, 4.69) is 68.5 Å². The van der Waals surface area contributed by atoms with Gasteiger partial charge in [-0.25, -0.2) is 0 Å². The maximum absolute atomic E-state index is 13.0. The summed E-state index contributed by atoms with van der Waals surface area (Å²) < 4.78 is 2.22. The van der Waals surface area contributed by atoms with Gasteiger partial charge in [0.2, 0.25) is 5.91 Å². The van der Waals surface area contributed by atoms with E-state index in [9.17, 15) is 4.79 Å². The van der Waals surface area contributed by atoms with Crippen LogP contribution in [-0.2, 0) is 4.79 Å². The molecule has 2 aromatic heterocycles. The Kier molecular flexibility index (Phi) is 7.06. The molecule has 2 N–H and O–H groups in total. The van der Waals surface area contributed by atoms with E-state index >= 15 is 0 Å². The third kappa shape index (κ3) is 5.13. The number of aromatic nitrogens is 2. The number of carbonyl (C=O) groups is 1. The van der Waals surface area contributed by atoms with Crippen LogP contribution in [0.15, 0.2) is 85.2 Å². The highest BCUT2D eigenvalue weighted by molar-refractivity contribution is 7.80. The van der Waals surface area contributed by atoms with Gasteiger partial charge < -0.3 is 20.1 Å². The van der Waals surface area contributed by atoms with E-state index in [0.29, 0.717) is 18.1 Å². The van der Waals surface area contributed by atoms with Crippen LogP contribution in [0.25, 0.3) is 5.69 Å². The standard InChI is InChI=1S/C30H31N5OS/c1-20-13-14-21(2)24(19-20)32-27(36)15-18-35-29(28(33-30(35)37)23-10-6-7-16-31-23)26-12-8-17-34(26)25-11-5-4-9-22(25)3/h4-14,16-17,19,28-29H,15,18H2,1-3H3,(H,32,36)(H,33,37)/t28-,29-/m0/s1. The SMILES string of the molecule is Cc1ccc(C)c(NC(=O)CCN2C(=S)N[C@@H](c3ccccn3)[C@@H]2c2cccn2-c2ccccc2C)c1. The second kappa shape index (κ2) is 10.6. The summed E-state index contributed by atoms with van der Waals surface area (Å²) in [7, 11) is 0. The summed E-state index contributed by atoms with van der Waals surface area (Å²) >= 11 is 5.82. The number of hydrogen-bond acceptors (Lipinski definition) is 3. The van der Waals surface area contributed by atoms with Gasteiger partial charge in [0.15, 0.2) is 5.11 Å². The highest BCUT2D eigenvalue weighted by atomic mass is 32.1. The van der Waals surface area contributed by atoms with Crippen molar-refractivity contribution in [2.75, 3.05) is 11.9 Å². The first-order valence-electron chi connectivity index (χ1n) is 12.5. The molecule has 0 spiro atoms. The van der Waals surface area contributed by atoms with Crippen LogP contribution in [0.4, 0.5) is 5.69 Å². The minimum Gasteiger partial charge on any atom is -0.352 e. The molecule has 4 aromatic rings. The molecule has 37 heavy (non-hydrogen) atoms. The van der Waals surface area contributed by atoms with E-state index < -0.39 is 0 Å². The van der Waals surface area contributed by atoms with Crippen molar-refractivity contribution in [3.05, 3.63) is 113 Å². The van der Waals surface area contributed by atoms with Crippen LogP contribution in [0.3, 0.4) is 0 Å². The van der Waals surface area contributed by atoms with E-state index in [-0.39, 0.29) is 18.0 Å². The molecule has 1 aliphatic heterocycles. The van der Waals surface area contributed by atoms with Crippen LogP contribution in [0, 0.1) is 20.8 Å². The first kappa shape index (κ1) is 24.7. The normalized spacial score (nSPS) is 17.1. The Morgan fingerprint density at radius 2 is 1.81 bits per heavy atom. The van der Waals surface area contributed by atoms with Gasteiger partial charge in [0, 0.05) is 42.4 Å². The van der Waals surface area contributed by atoms with Crippen molar-refractivity contribution in [1.82, 2.24) is 19.8 Å². The Morgan fingerprint density at radius 3 is 2.59 bits per heavy atom. The molecule has 0 bridgehead atoms. The Hall–Kier alpha value is -3.97. The van der Waals surface area contributed by atoms with Gasteiger partial charge in [0.1, 0.15) is 0 Å². The van der Waals surface area contributed by atoms with Gasteiger partial charge in [-0.15, -0.1) is 0 Å². The number of benzene rings is 2. The molecule has 1 saturated heterocycles. The topological polar surface area (TPSA) is 62.2 Å². The van der Waals surface area contributed by atoms with Crippen molar-refractivity contribution < 1.29 is 4.79 Å². The molecule has 0 radical (unpaired) electrons. The first-order chi connectivity index (χ1) is 17.9. The van der Waals surface area contributed by atoms with Gasteiger partial charge in [-0.2, -0.15) is 0 Å². The molecule has 7 heteroatoms. The number of hydrogen-bond donors (Lipinski definition) is 2. The molecule has 1 fully saturated rings. The third-order valence-corrected chi connectivity index (χ3v) is 7.26. The maximum atomic E-state index is 13.0. The molecular weight excluding hydrogens is 478 g/mol. The molecular formula is C30H31N5OS. The molecule has 6 nitrogen and oxygen atoms in total. The van der Waals surface area contributed by atoms with Crippen LogP contribution < -0.4 is 10.6 Å². The number of anilines is 1. The lowest BCUT2D eigenvalue weighted by Gasteiger charge is -2.29. The number of nitrogens with one attached hydrogen (secondary N) is 2. The monoisotopic (exact) mass is 509 g/mol. The fourth-order valence-corrected chi connectivity index (χ4v) is 5.29. The van der Waals surface area contributed by atoms with Crippen LogP contribution in [-0.4, -0.2) is 32.0 Å². The van der Waals surface area contributed by atoms with Crippen LogP contribution in [0.5, 0.6) is 0 Å². The summed E-state index contributed by atoms with van der Waals surface area (Å²) in [5, 5.41) is 7.19. The molecule has 188 valence electrons. The average Bonchev–Trinajstić information content (AvgIpc) is 3.50. The summed E-state index contributed by atoms with van der Waals surface area (Å²) in [5.74, 6) is -0.0363. The maximum Gasteiger partial charge on any atom is 0.226 e. The van der Waals surface area contributed by atoms with Gasteiger partial charge in [-0.3, -0.25) is 9.78 Å². The highest BCUT2D eigenvalue weighted by Gasteiger charge is 2.41. The summed E-state index contributed by atoms with van der Waals surface area (Å²) in [6.45, 7) is 6.62. The Balaban J connectivity index is 1.45. The number of amides is 1. The van der Waals surface area contributed by atoms with Crippen molar-refractivity contribution in [2.24, 2.45) is 0 Å². The molecule has 1 aliphatic rings. The predicted molar refractivity (Wildman–Crippen MR) is 152 cm³/mol. The molecule has 3 heterocycles. The number of para-hydroxylation sites is 1. The van der Waals surface area contributed by atoms with Gasteiger partial charge in [0.05, 0.1) is 17.8 Å². The van der Waals surface area contributed by atoms with Gasteiger partial charge in [-0.1, -0.05) is 36.4 Å². The van der Waals surface area contributed by atoms with Crippen molar-refractivity contribution in [3.63, 3.8) is 0 Å². The van der Waals surface area contributed by atoms with E-state index in [4.69, 9.17) is 12.2 Å².